The van der Waals surface area contributed by atoms with E-state index in [9.17, 15) is 4.79 Å². The number of rotatable bonds is 4. The Balaban J connectivity index is 1.75. The molecule has 1 fully saturated rings. The summed E-state index contributed by atoms with van der Waals surface area (Å²) in [5.41, 5.74) is 5.74. The fraction of sp³-hybridized carbons (Fsp3) is 0.462. The van der Waals surface area contributed by atoms with Gasteiger partial charge in [-0.1, -0.05) is 15.9 Å². The van der Waals surface area contributed by atoms with Gasteiger partial charge >= 0.3 is 0 Å². The van der Waals surface area contributed by atoms with Gasteiger partial charge in [-0.05, 0) is 30.7 Å². The zero-order chi connectivity index (χ0) is 13.0. The third-order valence-corrected chi connectivity index (χ3v) is 3.53. The summed E-state index contributed by atoms with van der Waals surface area (Å²) in [5, 5.41) is 0. The second-order valence-electron chi connectivity index (χ2n) is 4.44. The first-order valence-corrected chi connectivity index (χ1v) is 6.86. The van der Waals surface area contributed by atoms with Gasteiger partial charge in [0.1, 0.15) is 12.4 Å². The van der Waals surface area contributed by atoms with Gasteiger partial charge in [0.2, 0.25) is 5.91 Å². The monoisotopic (exact) mass is 312 g/mol. The van der Waals surface area contributed by atoms with E-state index >= 15 is 0 Å². The number of likely N-dealkylation sites (tertiary alicyclic amines) is 1. The Bertz CT molecular complexity index is 408. The van der Waals surface area contributed by atoms with Gasteiger partial charge in [0.25, 0.3) is 0 Å². The largest absolute Gasteiger partial charge is 0.492 e. The number of nitrogens with two attached hydrogens (primary N) is 1. The van der Waals surface area contributed by atoms with Gasteiger partial charge in [0, 0.05) is 23.5 Å². The van der Waals surface area contributed by atoms with Crippen LogP contribution in [-0.4, -0.2) is 36.5 Å². The number of piperidine rings is 1. The lowest BCUT2D eigenvalue weighted by Crippen LogP contribution is -2.45. The molecule has 4 nitrogen and oxygen atoms in total. The first-order valence-electron chi connectivity index (χ1n) is 6.07. The number of nitrogens with zero attached hydrogens (tertiary/aromatic N) is 1. The van der Waals surface area contributed by atoms with Crippen molar-refractivity contribution in [2.24, 2.45) is 5.73 Å². The number of carbonyl (C=O) groups is 1. The first kappa shape index (κ1) is 13.4. The molecule has 0 saturated carbocycles. The maximum Gasteiger partial charge on any atom is 0.224 e. The van der Waals surface area contributed by atoms with Crippen LogP contribution >= 0.6 is 15.9 Å². The standard InChI is InChI=1S/C13H17BrN2O2/c14-10-1-3-12(4-2-10)18-8-7-16-6-5-11(15)9-13(16)17/h1-4,11H,5-9,15H2. The van der Waals surface area contributed by atoms with E-state index in [-0.39, 0.29) is 11.9 Å². The van der Waals surface area contributed by atoms with Crippen LogP contribution in [0, 0.1) is 0 Å². The molecule has 2 rings (SSSR count). The molecule has 2 N–H and O–H groups in total. The van der Waals surface area contributed by atoms with Crippen LogP contribution < -0.4 is 10.5 Å². The van der Waals surface area contributed by atoms with Crippen LogP contribution in [0.3, 0.4) is 0 Å². The van der Waals surface area contributed by atoms with Gasteiger partial charge in [-0.2, -0.15) is 0 Å². The molecule has 5 heteroatoms. The average Bonchev–Trinajstić information content (AvgIpc) is 2.34. The molecule has 1 amide bonds. The number of ether oxygens (including phenoxy) is 1. The Morgan fingerprint density at radius 3 is 2.78 bits per heavy atom. The Morgan fingerprint density at radius 1 is 1.39 bits per heavy atom. The van der Waals surface area contributed by atoms with Crippen LogP contribution in [0.1, 0.15) is 12.8 Å². The molecule has 0 bridgehead atoms. The fourth-order valence-corrected chi connectivity index (χ4v) is 2.21. The molecule has 0 spiro atoms. The molecule has 1 aliphatic heterocycles. The minimum atomic E-state index is 0.0288. The molecule has 0 radical (unpaired) electrons. The van der Waals surface area contributed by atoms with Gasteiger partial charge < -0.3 is 15.4 Å². The Hall–Kier alpha value is -1.07. The fourth-order valence-electron chi connectivity index (χ4n) is 1.94. The number of benzene rings is 1. The summed E-state index contributed by atoms with van der Waals surface area (Å²) >= 11 is 3.37. The number of hydrogen-bond donors (Lipinski definition) is 1. The molecule has 0 aliphatic carbocycles. The van der Waals surface area contributed by atoms with Crippen molar-refractivity contribution >= 4 is 21.8 Å². The van der Waals surface area contributed by atoms with Gasteiger partial charge in [-0.15, -0.1) is 0 Å². The Kier molecular flexibility index (Phi) is 4.60. The average molecular weight is 313 g/mol. The van der Waals surface area contributed by atoms with Crippen LogP contribution in [0.25, 0.3) is 0 Å². The van der Waals surface area contributed by atoms with Gasteiger partial charge in [-0.3, -0.25) is 4.79 Å². The van der Waals surface area contributed by atoms with Crippen molar-refractivity contribution in [1.29, 1.82) is 0 Å². The minimum Gasteiger partial charge on any atom is -0.492 e. The molecule has 1 aromatic carbocycles. The predicted molar refractivity (Wildman–Crippen MR) is 73.4 cm³/mol. The zero-order valence-corrected chi connectivity index (χ0v) is 11.7. The lowest BCUT2D eigenvalue weighted by molar-refractivity contribution is -0.134. The normalized spacial score (nSPS) is 20.0. The topological polar surface area (TPSA) is 55.6 Å². The predicted octanol–water partition coefficient (Wildman–Crippen LogP) is 1.78. The highest BCUT2D eigenvalue weighted by Crippen LogP contribution is 2.16. The summed E-state index contributed by atoms with van der Waals surface area (Å²) < 4.78 is 6.62. The molecule has 1 saturated heterocycles. The zero-order valence-electron chi connectivity index (χ0n) is 10.1. The number of hydrogen-bond acceptors (Lipinski definition) is 3. The third kappa shape index (κ3) is 3.71. The highest BCUT2D eigenvalue weighted by atomic mass is 79.9. The van der Waals surface area contributed by atoms with Crippen molar-refractivity contribution in [3.63, 3.8) is 0 Å². The summed E-state index contributed by atoms with van der Waals surface area (Å²) in [6.07, 6.45) is 1.34. The maximum absolute atomic E-state index is 11.7. The second kappa shape index (κ2) is 6.20. The van der Waals surface area contributed by atoms with E-state index in [0.717, 1.165) is 23.2 Å². The van der Waals surface area contributed by atoms with Gasteiger partial charge in [0.05, 0.1) is 6.54 Å². The molecule has 1 aromatic rings. The molecular formula is C13H17BrN2O2. The van der Waals surface area contributed by atoms with Crippen molar-refractivity contribution in [3.8, 4) is 5.75 Å². The molecular weight excluding hydrogens is 296 g/mol. The maximum atomic E-state index is 11.7. The van der Waals surface area contributed by atoms with E-state index in [4.69, 9.17) is 10.5 Å². The van der Waals surface area contributed by atoms with Gasteiger partial charge in [0.15, 0.2) is 0 Å². The number of halogens is 1. The van der Waals surface area contributed by atoms with Crippen LogP contribution in [0.4, 0.5) is 0 Å². The molecule has 0 aromatic heterocycles. The molecule has 18 heavy (non-hydrogen) atoms. The summed E-state index contributed by atoms with van der Waals surface area (Å²) in [6, 6.07) is 7.69. The van der Waals surface area contributed by atoms with Gasteiger partial charge in [-0.25, -0.2) is 0 Å². The second-order valence-corrected chi connectivity index (χ2v) is 5.35. The van der Waals surface area contributed by atoms with E-state index < -0.39 is 0 Å². The molecule has 1 heterocycles. The quantitative estimate of drug-likeness (QED) is 0.922. The summed E-state index contributed by atoms with van der Waals surface area (Å²) in [5.74, 6) is 0.951. The Morgan fingerprint density at radius 2 is 2.11 bits per heavy atom. The van der Waals surface area contributed by atoms with Crippen LogP contribution in [0.15, 0.2) is 28.7 Å². The lowest BCUT2D eigenvalue weighted by atomic mass is 10.1. The molecule has 1 aliphatic rings. The minimum absolute atomic E-state index is 0.0288. The van der Waals surface area contributed by atoms with Crippen molar-refractivity contribution in [3.05, 3.63) is 28.7 Å². The van der Waals surface area contributed by atoms with E-state index in [2.05, 4.69) is 15.9 Å². The highest BCUT2D eigenvalue weighted by Gasteiger charge is 2.22. The van der Waals surface area contributed by atoms with Crippen molar-refractivity contribution in [2.45, 2.75) is 18.9 Å². The smallest absolute Gasteiger partial charge is 0.224 e. The molecule has 1 atom stereocenters. The summed E-state index contributed by atoms with van der Waals surface area (Å²) in [4.78, 5) is 13.5. The summed E-state index contributed by atoms with van der Waals surface area (Å²) in [6.45, 7) is 1.88. The number of carbonyl (C=O) groups excluding carboxylic acids is 1. The number of amides is 1. The van der Waals surface area contributed by atoms with Crippen LogP contribution in [0.2, 0.25) is 0 Å². The lowest BCUT2D eigenvalue weighted by Gasteiger charge is -2.29. The molecule has 98 valence electrons. The molecule has 1 unspecified atom stereocenters. The van der Waals surface area contributed by atoms with Crippen molar-refractivity contribution < 1.29 is 9.53 Å². The van der Waals surface area contributed by atoms with Crippen LogP contribution in [0.5, 0.6) is 5.75 Å². The van der Waals surface area contributed by atoms with Crippen LogP contribution in [-0.2, 0) is 4.79 Å². The van der Waals surface area contributed by atoms with E-state index in [1.54, 1.807) is 0 Å². The Labute approximate surface area is 115 Å². The van der Waals surface area contributed by atoms with Crippen molar-refractivity contribution in [1.82, 2.24) is 4.90 Å². The van der Waals surface area contributed by atoms with E-state index in [0.29, 0.717) is 19.6 Å². The van der Waals surface area contributed by atoms with Crippen molar-refractivity contribution in [2.75, 3.05) is 19.7 Å². The highest BCUT2D eigenvalue weighted by molar-refractivity contribution is 9.10. The third-order valence-electron chi connectivity index (χ3n) is 3.00. The van der Waals surface area contributed by atoms with E-state index in [1.807, 2.05) is 29.2 Å². The summed E-state index contributed by atoms with van der Waals surface area (Å²) in [7, 11) is 0. The SMILES string of the molecule is NC1CCN(CCOc2ccc(Br)cc2)C(=O)C1. The first-order chi connectivity index (χ1) is 8.65. The van der Waals surface area contributed by atoms with E-state index in [1.165, 1.54) is 0 Å².